The van der Waals surface area contributed by atoms with Crippen LogP contribution >= 0.6 is 11.5 Å². The zero-order valence-electron chi connectivity index (χ0n) is 8.94. The molecule has 0 aliphatic rings. The molecule has 0 radical (unpaired) electrons. The van der Waals surface area contributed by atoms with Crippen molar-refractivity contribution < 1.29 is 8.42 Å². The maximum atomic E-state index is 11.3. The Hall–Kier alpha value is -1.39. The smallest absolute Gasteiger partial charge is 0.273 e. The highest BCUT2D eigenvalue weighted by Crippen LogP contribution is 2.18. The molecule has 17 heavy (non-hydrogen) atoms. The van der Waals surface area contributed by atoms with Crippen LogP contribution in [0.25, 0.3) is 11.5 Å². The molecular formula is C7H10N6O2S2. The molecule has 0 atom stereocenters. The van der Waals surface area contributed by atoms with Gasteiger partial charge < -0.3 is 0 Å². The Morgan fingerprint density at radius 1 is 1.41 bits per heavy atom. The fourth-order valence-corrected chi connectivity index (χ4v) is 2.45. The van der Waals surface area contributed by atoms with E-state index >= 15 is 0 Å². The second-order valence-corrected chi connectivity index (χ2v) is 5.36. The minimum Gasteiger partial charge on any atom is -0.295 e. The van der Waals surface area contributed by atoms with Crippen LogP contribution in [0.2, 0.25) is 0 Å². The molecule has 2 aromatic rings. The number of nitrogens with two attached hydrogens (primary N) is 1. The van der Waals surface area contributed by atoms with Crippen LogP contribution in [-0.4, -0.2) is 32.8 Å². The van der Waals surface area contributed by atoms with Crippen molar-refractivity contribution in [2.45, 2.75) is 25.0 Å². The molecule has 8 nitrogen and oxygen atoms in total. The zero-order chi connectivity index (χ0) is 12.5. The van der Waals surface area contributed by atoms with Gasteiger partial charge in [0.05, 0.1) is 0 Å². The Morgan fingerprint density at radius 2 is 2.18 bits per heavy atom. The normalized spacial score (nSPS) is 11.9. The van der Waals surface area contributed by atoms with Gasteiger partial charge in [0.1, 0.15) is 5.69 Å². The van der Waals surface area contributed by atoms with Crippen LogP contribution in [0.4, 0.5) is 0 Å². The molecule has 10 heteroatoms. The van der Waals surface area contributed by atoms with Crippen LogP contribution in [0.5, 0.6) is 0 Å². The van der Waals surface area contributed by atoms with Crippen molar-refractivity contribution >= 4 is 21.6 Å². The van der Waals surface area contributed by atoms with Crippen molar-refractivity contribution in [3.8, 4) is 11.5 Å². The topological polar surface area (TPSA) is 117 Å². The Bertz CT molecular complexity index is 602. The van der Waals surface area contributed by atoms with Gasteiger partial charge in [-0.1, -0.05) is 11.4 Å². The van der Waals surface area contributed by atoms with E-state index in [9.17, 15) is 8.42 Å². The Morgan fingerprint density at radius 3 is 2.71 bits per heavy atom. The van der Waals surface area contributed by atoms with Gasteiger partial charge in [-0.25, -0.2) is 13.6 Å². The van der Waals surface area contributed by atoms with Crippen LogP contribution < -0.4 is 5.14 Å². The maximum Gasteiger partial charge on any atom is 0.273 e. The van der Waals surface area contributed by atoms with Crippen LogP contribution in [0.3, 0.4) is 0 Å². The third kappa shape index (κ3) is 2.33. The van der Waals surface area contributed by atoms with Gasteiger partial charge in [0.15, 0.2) is 5.82 Å². The average molecular weight is 274 g/mol. The van der Waals surface area contributed by atoms with E-state index in [1.165, 1.54) is 4.57 Å². The van der Waals surface area contributed by atoms with Crippen LogP contribution in [0.1, 0.15) is 13.3 Å². The Kier molecular flexibility index (Phi) is 3.17. The largest absolute Gasteiger partial charge is 0.295 e. The summed E-state index contributed by atoms with van der Waals surface area (Å²) in [5, 5.41) is 17.7. The van der Waals surface area contributed by atoms with Gasteiger partial charge in [0.25, 0.3) is 15.2 Å². The van der Waals surface area contributed by atoms with E-state index in [4.69, 9.17) is 5.14 Å². The summed E-state index contributed by atoms with van der Waals surface area (Å²) in [6.45, 7) is 2.36. The Labute approximate surface area is 102 Å². The first kappa shape index (κ1) is 12.1. The average Bonchev–Trinajstić information content (AvgIpc) is 2.82. The molecule has 0 saturated carbocycles. The quantitative estimate of drug-likeness (QED) is 0.828. The van der Waals surface area contributed by atoms with Gasteiger partial charge >= 0.3 is 0 Å². The summed E-state index contributed by atoms with van der Waals surface area (Å²) in [6.07, 6.45) is 0.727. The van der Waals surface area contributed by atoms with Crippen molar-refractivity contribution in [1.29, 1.82) is 0 Å². The van der Waals surface area contributed by atoms with Crippen molar-refractivity contribution in [1.82, 2.24) is 24.4 Å². The number of hydrogen-bond acceptors (Lipinski definition) is 7. The van der Waals surface area contributed by atoms with Crippen molar-refractivity contribution in [2.75, 3.05) is 0 Å². The molecule has 0 aliphatic heterocycles. The number of rotatable bonds is 4. The number of aromatic nitrogens is 5. The summed E-state index contributed by atoms with van der Waals surface area (Å²) in [4.78, 5) is 0. The lowest BCUT2D eigenvalue weighted by atomic mass is 10.4. The summed E-state index contributed by atoms with van der Waals surface area (Å²) in [7, 11) is -3.88. The minimum absolute atomic E-state index is 0.248. The molecule has 0 unspecified atom stereocenters. The van der Waals surface area contributed by atoms with E-state index in [1.807, 2.05) is 6.92 Å². The molecule has 0 aliphatic carbocycles. The number of sulfonamides is 1. The number of nitrogens with zero attached hydrogens (tertiary/aromatic N) is 5. The molecule has 2 rings (SSSR count). The van der Waals surface area contributed by atoms with E-state index in [-0.39, 0.29) is 5.16 Å². The lowest BCUT2D eigenvalue weighted by Gasteiger charge is -2.05. The second-order valence-electron chi connectivity index (χ2n) is 3.29. The first-order valence-corrected chi connectivity index (χ1v) is 7.15. The van der Waals surface area contributed by atoms with E-state index in [1.54, 1.807) is 5.38 Å². The lowest BCUT2D eigenvalue weighted by Crippen LogP contribution is -2.19. The highest BCUT2D eigenvalue weighted by atomic mass is 32.2. The molecular weight excluding hydrogens is 264 g/mol. The van der Waals surface area contributed by atoms with Gasteiger partial charge in [0.2, 0.25) is 0 Å². The summed E-state index contributed by atoms with van der Waals surface area (Å²) in [5.41, 5.74) is 0.492. The molecule has 92 valence electrons. The van der Waals surface area contributed by atoms with Gasteiger partial charge in [0, 0.05) is 11.9 Å². The van der Waals surface area contributed by atoms with Crippen molar-refractivity contribution in [2.24, 2.45) is 5.14 Å². The van der Waals surface area contributed by atoms with Crippen LogP contribution in [0, 0.1) is 0 Å². The highest BCUT2D eigenvalue weighted by Gasteiger charge is 2.22. The predicted molar refractivity (Wildman–Crippen MR) is 60.6 cm³/mol. The second kappa shape index (κ2) is 4.47. The first-order valence-electron chi connectivity index (χ1n) is 4.77. The summed E-state index contributed by atoms with van der Waals surface area (Å²) in [6, 6.07) is 0. The fraction of sp³-hybridized carbons (Fsp3) is 0.429. The van der Waals surface area contributed by atoms with Crippen molar-refractivity contribution in [3.05, 3.63) is 5.38 Å². The van der Waals surface area contributed by atoms with E-state index in [0.717, 1.165) is 18.0 Å². The van der Waals surface area contributed by atoms with Gasteiger partial charge in [-0.3, -0.25) is 4.57 Å². The minimum atomic E-state index is -3.88. The van der Waals surface area contributed by atoms with Gasteiger partial charge in [-0.05, 0) is 18.0 Å². The van der Waals surface area contributed by atoms with E-state index in [2.05, 4.69) is 19.8 Å². The lowest BCUT2D eigenvalue weighted by molar-refractivity contribution is 0.559. The van der Waals surface area contributed by atoms with Crippen LogP contribution in [0.15, 0.2) is 10.5 Å². The van der Waals surface area contributed by atoms with Gasteiger partial charge in [-0.2, -0.15) is 0 Å². The summed E-state index contributed by atoms with van der Waals surface area (Å²) >= 11 is 1.16. The molecule has 2 N–H and O–H groups in total. The maximum absolute atomic E-state index is 11.3. The third-order valence-corrected chi connectivity index (χ3v) is 3.32. The van der Waals surface area contributed by atoms with Crippen molar-refractivity contribution in [3.63, 3.8) is 0 Å². The molecule has 0 amide bonds. The standard InChI is InChI=1S/C7H10N6O2S2/c1-2-3-13-6(5-4-16-12-9-5)10-11-7(13)17(8,14)15/h4H,2-3H2,1H3,(H2,8,14,15). The monoisotopic (exact) mass is 274 g/mol. The van der Waals surface area contributed by atoms with Gasteiger partial charge in [-0.15, -0.1) is 15.3 Å². The zero-order valence-corrected chi connectivity index (χ0v) is 10.6. The summed E-state index contributed by atoms with van der Waals surface area (Å²) < 4.78 is 27.8. The molecule has 2 aromatic heterocycles. The molecule has 0 aromatic carbocycles. The molecule has 0 bridgehead atoms. The highest BCUT2D eigenvalue weighted by molar-refractivity contribution is 7.89. The number of primary sulfonamides is 1. The van der Waals surface area contributed by atoms with Crippen LogP contribution in [-0.2, 0) is 16.6 Å². The first-order chi connectivity index (χ1) is 8.04. The molecule has 0 fully saturated rings. The molecule has 2 heterocycles. The molecule has 0 saturated heterocycles. The molecule has 0 spiro atoms. The third-order valence-electron chi connectivity index (χ3n) is 2.01. The Balaban J connectivity index is 2.59. The predicted octanol–water partition coefficient (Wildman–Crippen LogP) is -0.146. The number of hydrogen-bond donors (Lipinski definition) is 1. The van der Waals surface area contributed by atoms with E-state index < -0.39 is 10.0 Å². The fourth-order valence-electron chi connectivity index (χ4n) is 1.38. The SMILES string of the molecule is CCCn1c(-c2csnn2)nnc1S(N)(=O)=O. The summed E-state index contributed by atoms with van der Waals surface area (Å²) in [5.74, 6) is 0.365. The van der Waals surface area contributed by atoms with E-state index in [0.29, 0.717) is 18.1 Å².